The van der Waals surface area contributed by atoms with Gasteiger partial charge in [0.1, 0.15) is 5.01 Å². The van der Waals surface area contributed by atoms with Gasteiger partial charge in [-0.15, -0.1) is 11.3 Å². The number of aromatic nitrogens is 1. The quantitative estimate of drug-likeness (QED) is 0.789. The highest BCUT2D eigenvalue weighted by atomic mass is 32.1. The van der Waals surface area contributed by atoms with Gasteiger partial charge in [-0.3, -0.25) is 4.79 Å². The summed E-state index contributed by atoms with van der Waals surface area (Å²) in [6.07, 6.45) is 3.59. The zero-order chi connectivity index (χ0) is 12.0. The second kappa shape index (κ2) is 6.60. The Morgan fingerprint density at radius 1 is 1.69 bits per heavy atom. The average molecular weight is 241 g/mol. The maximum atomic E-state index is 11.6. The van der Waals surface area contributed by atoms with Gasteiger partial charge in [-0.05, 0) is 19.4 Å². The summed E-state index contributed by atoms with van der Waals surface area (Å²) in [6, 6.07) is 0. The lowest BCUT2D eigenvalue weighted by molar-refractivity contribution is -0.124. The fraction of sp³-hybridized carbons (Fsp3) is 0.636. The molecule has 0 spiro atoms. The summed E-state index contributed by atoms with van der Waals surface area (Å²) in [4.78, 5) is 17.1. The van der Waals surface area contributed by atoms with E-state index in [4.69, 9.17) is 5.73 Å². The Balaban J connectivity index is 2.36. The van der Waals surface area contributed by atoms with E-state index in [9.17, 15) is 4.79 Å². The van der Waals surface area contributed by atoms with Gasteiger partial charge in [0.2, 0.25) is 5.91 Å². The van der Waals surface area contributed by atoms with Gasteiger partial charge in [-0.1, -0.05) is 13.8 Å². The largest absolute Gasteiger partial charge is 0.349 e. The van der Waals surface area contributed by atoms with Crippen LogP contribution in [0.3, 0.4) is 0 Å². The monoisotopic (exact) mass is 241 g/mol. The molecule has 0 aliphatic heterocycles. The van der Waals surface area contributed by atoms with Crippen LogP contribution in [0.15, 0.2) is 6.20 Å². The van der Waals surface area contributed by atoms with E-state index in [1.807, 2.05) is 13.1 Å². The summed E-state index contributed by atoms with van der Waals surface area (Å²) < 4.78 is 0. The van der Waals surface area contributed by atoms with E-state index in [-0.39, 0.29) is 11.8 Å². The lowest BCUT2D eigenvalue weighted by Gasteiger charge is -2.09. The first-order chi connectivity index (χ1) is 7.67. The third-order valence-electron chi connectivity index (χ3n) is 2.41. The van der Waals surface area contributed by atoms with Crippen molar-refractivity contribution >= 4 is 17.2 Å². The van der Waals surface area contributed by atoms with Gasteiger partial charge in [-0.25, -0.2) is 4.98 Å². The van der Waals surface area contributed by atoms with Gasteiger partial charge in [-0.2, -0.15) is 0 Å². The van der Waals surface area contributed by atoms with E-state index in [2.05, 4.69) is 17.2 Å². The molecule has 0 radical (unpaired) electrons. The van der Waals surface area contributed by atoms with Crippen molar-refractivity contribution < 1.29 is 4.79 Å². The predicted molar refractivity (Wildman–Crippen MR) is 66.2 cm³/mol. The molecule has 0 aliphatic rings. The lowest BCUT2D eigenvalue weighted by atomic mass is 10.1. The van der Waals surface area contributed by atoms with Gasteiger partial charge in [0.25, 0.3) is 0 Å². The van der Waals surface area contributed by atoms with E-state index in [0.29, 0.717) is 13.1 Å². The van der Waals surface area contributed by atoms with Crippen LogP contribution in [0.25, 0.3) is 0 Å². The molecule has 1 heterocycles. The molecule has 90 valence electrons. The second-order valence-electron chi connectivity index (χ2n) is 3.77. The van der Waals surface area contributed by atoms with Crippen LogP contribution in [0, 0.1) is 5.92 Å². The van der Waals surface area contributed by atoms with Crippen molar-refractivity contribution in [3.8, 4) is 0 Å². The summed E-state index contributed by atoms with van der Waals surface area (Å²) in [7, 11) is 0. The molecule has 1 aromatic rings. The minimum atomic E-state index is -0.0180. The Morgan fingerprint density at radius 2 is 2.44 bits per heavy atom. The predicted octanol–water partition coefficient (Wildman–Crippen LogP) is 1.31. The molecule has 0 aromatic carbocycles. The SMILES string of the molecule is CCc1cnc(CNC(=O)C(C)CCN)s1. The molecule has 1 amide bonds. The van der Waals surface area contributed by atoms with Crippen LogP contribution < -0.4 is 11.1 Å². The number of carbonyl (C=O) groups is 1. The number of rotatable bonds is 6. The highest BCUT2D eigenvalue weighted by Gasteiger charge is 2.11. The molecule has 0 saturated heterocycles. The summed E-state index contributed by atoms with van der Waals surface area (Å²) >= 11 is 1.65. The molecule has 4 nitrogen and oxygen atoms in total. The molecular weight excluding hydrogens is 222 g/mol. The fourth-order valence-electron chi connectivity index (χ4n) is 1.31. The summed E-state index contributed by atoms with van der Waals surface area (Å²) in [5.74, 6) is 0.0364. The molecule has 5 heteroatoms. The van der Waals surface area contributed by atoms with Crippen molar-refractivity contribution in [3.63, 3.8) is 0 Å². The highest BCUT2D eigenvalue weighted by molar-refractivity contribution is 7.11. The van der Waals surface area contributed by atoms with Crippen LogP contribution >= 0.6 is 11.3 Å². The third kappa shape index (κ3) is 3.90. The number of amides is 1. The molecule has 1 rings (SSSR count). The molecule has 1 atom stereocenters. The zero-order valence-corrected chi connectivity index (χ0v) is 10.6. The molecular formula is C11H19N3OS. The Kier molecular flexibility index (Phi) is 5.42. The second-order valence-corrected chi connectivity index (χ2v) is 4.97. The number of nitrogens with two attached hydrogens (primary N) is 1. The Hall–Kier alpha value is -0.940. The number of aryl methyl sites for hydroxylation is 1. The van der Waals surface area contributed by atoms with Crippen LogP contribution in [0.1, 0.15) is 30.2 Å². The van der Waals surface area contributed by atoms with Crippen molar-refractivity contribution in [3.05, 3.63) is 16.1 Å². The van der Waals surface area contributed by atoms with E-state index < -0.39 is 0 Å². The van der Waals surface area contributed by atoms with E-state index in [0.717, 1.165) is 17.8 Å². The molecule has 0 saturated carbocycles. The van der Waals surface area contributed by atoms with Gasteiger partial charge in [0, 0.05) is 17.0 Å². The van der Waals surface area contributed by atoms with Crippen LogP contribution in [0.5, 0.6) is 0 Å². The molecule has 1 unspecified atom stereocenters. The molecule has 0 aliphatic carbocycles. The van der Waals surface area contributed by atoms with Crippen LogP contribution in [0.2, 0.25) is 0 Å². The van der Waals surface area contributed by atoms with E-state index in [1.54, 1.807) is 11.3 Å². The summed E-state index contributed by atoms with van der Waals surface area (Å²) in [5.41, 5.74) is 5.41. The number of nitrogens with one attached hydrogen (secondary N) is 1. The first-order valence-electron chi connectivity index (χ1n) is 5.58. The van der Waals surface area contributed by atoms with Gasteiger partial charge in [0.15, 0.2) is 0 Å². The number of hydrogen-bond acceptors (Lipinski definition) is 4. The standard InChI is InChI=1S/C11H19N3OS/c1-3-9-6-13-10(16-9)7-14-11(15)8(2)4-5-12/h6,8H,3-5,7,12H2,1-2H3,(H,14,15). The Morgan fingerprint density at radius 3 is 3.00 bits per heavy atom. The Bertz CT molecular complexity index is 338. The lowest BCUT2D eigenvalue weighted by Crippen LogP contribution is -2.29. The van der Waals surface area contributed by atoms with Gasteiger partial charge < -0.3 is 11.1 Å². The van der Waals surface area contributed by atoms with Crippen molar-refractivity contribution in [2.75, 3.05) is 6.54 Å². The number of carbonyl (C=O) groups excluding carboxylic acids is 1. The maximum absolute atomic E-state index is 11.6. The number of thiazole rings is 1. The van der Waals surface area contributed by atoms with Gasteiger partial charge >= 0.3 is 0 Å². The smallest absolute Gasteiger partial charge is 0.223 e. The van der Waals surface area contributed by atoms with Crippen LogP contribution in [-0.2, 0) is 17.8 Å². The Labute approximate surface area is 100 Å². The molecule has 3 N–H and O–H groups in total. The topological polar surface area (TPSA) is 68.0 Å². The summed E-state index contributed by atoms with van der Waals surface area (Å²) in [6.45, 7) is 5.06. The van der Waals surface area contributed by atoms with E-state index in [1.165, 1.54) is 4.88 Å². The average Bonchev–Trinajstić information content (AvgIpc) is 2.74. The molecule has 1 aromatic heterocycles. The number of nitrogens with zero attached hydrogens (tertiary/aromatic N) is 1. The molecule has 16 heavy (non-hydrogen) atoms. The van der Waals surface area contributed by atoms with Crippen molar-refractivity contribution in [1.29, 1.82) is 0 Å². The van der Waals surface area contributed by atoms with Crippen LogP contribution in [0.4, 0.5) is 0 Å². The first-order valence-corrected chi connectivity index (χ1v) is 6.40. The minimum absolute atomic E-state index is 0.0180. The van der Waals surface area contributed by atoms with Crippen molar-refractivity contribution in [1.82, 2.24) is 10.3 Å². The van der Waals surface area contributed by atoms with Gasteiger partial charge in [0.05, 0.1) is 6.54 Å². The first kappa shape index (κ1) is 13.1. The van der Waals surface area contributed by atoms with Crippen molar-refractivity contribution in [2.45, 2.75) is 33.2 Å². The fourth-order valence-corrected chi connectivity index (χ4v) is 2.11. The maximum Gasteiger partial charge on any atom is 0.223 e. The zero-order valence-electron chi connectivity index (χ0n) is 9.82. The normalized spacial score (nSPS) is 12.4. The number of hydrogen-bond donors (Lipinski definition) is 2. The summed E-state index contributed by atoms with van der Waals surface area (Å²) in [5, 5.41) is 3.84. The van der Waals surface area contributed by atoms with E-state index >= 15 is 0 Å². The molecule has 0 fully saturated rings. The third-order valence-corrected chi connectivity index (χ3v) is 3.55. The minimum Gasteiger partial charge on any atom is -0.349 e. The van der Waals surface area contributed by atoms with Crippen molar-refractivity contribution in [2.24, 2.45) is 11.7 Å². The highest BCUT2D eigenvalue weighted by Crippen LogP contribution is 2.13. The van der Waals surface area contributed by atoms with Crippen LogP contribution in [-0.4, -0.2) is 17.4 Å². The molecule has 0 bridgehead atoms.